The summed E-state index contributed by atoms with van der Waals surface area (Å²) in [5.74, 6) is 1.66. The van der Waals surface area contributed by atoms with E-state index in [4.69, 9.17) is 0 Å². The van der Waals surface area contributed by atoms with Crippen molar-refractivity contribution in [1.82, 2.24) is 20.1 Å². The Hall–Kier alpha value is -1.68. The number of nitrogens with zero attached hydrogens (tertiary/aromatic N) is 3. The van der Waals surface area contributed by atoms with Gasteiger partial charge in [0.2, 0.25) is 0 Å². The number of hydrogen-bond acceptors (Lipinski definition) is 3. The van der Waals surface area contributed by atoms with Crippen molar-refractivity contribution in [2.75, 3.05) is 0 Å². The van der Waals surface area contributed by atoms with Gasteiger partial charge < -0.3 is 9.88 Å². The zero-order chi connectivity index (χ0) is 14.5. The molecule has 0 saturated heterocycles. The lowest BCUT2D eigenvalue weighted by atomic mass is 9.80. The van der Waals surface area contributed by atoms with Crippen LogP contribution in [0.1, 0.15) is 49.9 Å². The predicted molar refractivity (Wildman–Crippen MR) is 84.0 cm³/mol. The SMILES string of the molecule is CCn1cnnc1CNC1CCCCC1c1ccccc1. The summed E-state index contributed by atoms with van der Waals surface area (Å²) in [6.07, 6.45) is 7.00. The first-order chi connectivity index (χ1) is 10.4. The van der Waals surface area contributed by atoms with Crippen LogP contribution < -0.4 is 5.32 Å². The quantitative estimate of drug-likeness (QED) is 0.917. The Bertz CT molecular complexity index is 549. The summed E-state index contributed by atoms with van der Waals surface area (Å²) in [5.41, 5.74) is 1.46. The van der Waals surface area contributed by atoms with Crippen molar-refractivity contribution in [3.63, 3.8) is 0 Å². The van der Waals surface area contributed by atoms with E-state index in [1.165, 1.54) is 31.2 Å². The zero-order valence-electron chi connectivity index (χ0n) is 12.7. The van der Waals surface area contributed by atoms with E-state index < -0.39 is 0 Å². The average Bonchev–Trinajstić information content (AvgIpc) is 3.01. The summed E-state index contributed by atoms with van der Waals surface area (Å²) in [4.78, 5) is 0. The minimum absolute atomic E-state index is 0.545. The van der Waals surface area contributed by atoms with E-state index in [0.717, 1.165) is 18.9 Å². The summed E-state index contributed by atoms with van der Waals surface area (Å²) in [6, 6.07) is 11.5. The van der Waals surface area contributed by atoms with Gasteiger partial charge in [-0.25, -0.2) is 0 Å². The molecule has 2 atom stereocenters. The second-order valence-electron chi connectivity index (χ2n) is 5.82. The molecule has 0 amide bonds. The fourth-order valence-corrected chi connectivity index (χ4v) is 3.38. The highest BCUT2D eigenvalue weighted by atomic mass is 15.3. The second kappa shape index (κ2) is 6.85. The highest BCUT2D eigenvalue weighted by Gasteiger charge is 2.26. The van der Waals surface area contributed by atoms with Crippen LogP contribution in [0.4, 0.5) is 0 Å². The fourth-order valence-electron chi connectivity index (χ4n) is 3.38. The Labute approximate surface area is 126 Å². The summed E-state index contributed by atoms with van der Waals surface area (Å²) in [7, 11) is 0. The molecule has 1 aliphatic carbocycles. The van der Waals surface area contributed by atoms with Gasteiger partial charge in [-0.1, -0.05) is 43.2 Å². The molecule has 0 spiro atoms. The van der Waals surface area contributed by atoms with E-state index >= 15 is 0 Å². The molecule has 3 rings (SSSR count). The van der Waals surface area contributed by atoms with Crippen LogP contribution in [-0.4, -0.2) is 20.8 Å². The minimum Gasteiger partial charge on any atom is -0.317 e. The van der Waals surface area contributed by atoms with Crippen LogP contribution in [0.3, 0.4) is 0 Å². The molecular formula is C17H24N4. The third-order valence-electron chi connectivity index (χ3n) is 4.55. The van der Waals surface area contributed by atoms with Gasteiger partial charge in [0, 0.05) is 12.6 Å². The zero-order valence-corrected chi connectivity index (χ0v) is 12.7. The smallest absolute Gasteiger partial charge is 0.146 e. The highest BCUT2D eigenvalue weighted by molar-refractivity contribution is 5.22. The standard InChI is InChI=1S/C17H24N4/c1-2-21-13-19-20-17(21)12-18-16-11-7-6-10-15(16)14-8-4-3-5-9-14/h3-5,8-9,13,15-16,18H,2,6-7,10-12H2,1H3. The predicted octanol–water partition coefficient (Wildman–Crippen LogP) is 3.11. The summed E-state index contributed by atoms with van der Waals surface area (Å²) < 4.78 is 2.10. The van der Waals surface area contributed by atoms with Gasteiger partial charge in [-0.15, -0.1) is 10.2 Å². The Morgan fingerprint density at radius 2 is 2.00 bits per heavy atom. The topological polar surface area (TPSA) is 42.7 Å². The van der Waals surface area contributed by atoms with E-state index in [0.29, 0.717) is 12.0 Å². The second-order valence-corrected chi connectivity index (χ2v) is 5.82. The molecule has 2 aromatic rings. The first-order valence-electron chi connectivity index (χ1n) is 8.03. The monoisotopic (exact) mass is 284 g/mol. The molecule has 1 fully saturated rings. The molecule has 4 nitrogen and oxygen atoms in total. The number of aromatic nitrogens is 3. The normalized spacial score (nSPS) is 22.3. The number of hydrogen-bond donors (Lipinski definition) is 1. The molecular weight excluding hydrogens is 260 g/mol. The van der Waals surface area contributed by atoms with Crippen LogP contribution in [0.25, 0.3) is 0 Å². The third kappa shape index (κ3) is 3.32. The van der Waals surface area contributed by atoms with Crippen molar-refractivity contribution < 1.29 is 0 Å². The van der Waals surface area contributed by atoms with Crippen LogP contribution in [0.15, 0.2) is 36.7 Å². The number of rotatable bonds is 5. The van der Waals surface area contributed by atoms with E-state index in [1.807, 2.05) is 6.33 Å². The van der Waals surface area contributed by atoms with Gasteiger partial charge in [-0.3, -0.25) is 0 Å². The van der Waals surface area contributed by atoms with Crippen LogP contribution in [0.5, 0.6) is 0 Å². The van der Waals surface area contributed by atoms with Crippen LogP contribution in [0, 0.1) is 0 Å². The third-order valence-corrected chi connectivity index (χ3v) is 4.55. The van der Waals surface area contributed by atoms with E-state index in [2.05, 4.69) is 57.3 Å². The molecule has 1 heterocycles. The minimum atomic E-state index is 0.545. The summed E-state index contributed by atoms with van der Waals surface area (Å²) in [6.45, 7) is 3.86. The molecule has 0 radical (unpaired) electrons. The van der Waals surface area contributed by atoms with E-state index in [9.17, 15) is 0 Å². The van der Waals surface area contributed by atoms with Crippen LogP contribution in [-0.2, 0) is 13.1 Å². The molecule has 112 valence electrons. The van der Waals surface area contributed by atoms with Crippen LogP contribution in [0.2, 0.25) is 0 Å². The highest BCUT2D eigenvalue weighted by Crippen LogP contribution is 2.33. The first kappa shape index (κ1) is 14.3. The molecule has 1 aliphatic rings. The maximum Gasteiger partial charge on any atom is 0.146 e. The molecule has 1 saturated carbocycles. The van der Waals surface area contributed by atoms with Gasteiger partial charge in [0.25, 0.3) is 0 Å². The van der Waals surface area contributed by atoms with Crippen molar-refractivity contribution in [1.29, 1.82) is 0 Å². The van der Waals surface area contributed by atoms with Crippen molar-refractivity contribution in [2.24, 2.45) is 0 Å². The Kier molecular flexibility index (Phi) is 4.65. The number of benzene rings is 1. The van der Waals surface area contributed by atoms with Crippen molar-refractivity contribution in [2.45, 2.75) is 57.7 Å². The van der Waals surface area contributed by atoms with Gasteiger partial charge in [0.05, 0.1) is 6.54 Å². The Morgan fingerprint density at radius 1 is 1.19 bits per heavy atom. The fraction of sp³-hybridized carbons (Fsp3) is 0.529. The lowest BCUT2D eigenvalue weighted by Gasteiger charge is -2.32. The van der Waals surface area contributed by atoms with E-state index in [1.54, 1.807) is 0 Å². The molecule has 4 heteroatoms. The molecule has 2 unspecified atom stereocenters. The van der Waals surface area contributed by atoms with Gasteiger partial charge in [0.15, 0.2) is 0 Å². The maximum atomic E-state index is 4.22. The number of nitrogens with one attached hydrogen (secondary N) is 1. The van der Waals surface area contributed by atoms with Crippen LogP contribution >= 0.6 is 0 Å². The lowest BCUT2D eigenvalue weighted by Crippen LogP contribution is -2.37. The largest absolute Gasteiger partial charge is 0.317 e. The lowest BCUT2D eigenvalue weighted by molar-refractivity contribution is 0.322. The van der Waals surface area contributed by atoms with Crippen molar-refractivity contribution >= 4 is 0 Å². The first-order valence-corrected chi connectivity index (χ1v) is 8.03. The molecule has 21 heavy (non-hydrogen) atoms. The van der Waals surface area contributed by atoms with E-state index in [-0.39, 0.29) is 0 Å². The molecule has 1 aromatic heterocycles. The average molecular weight is 284 g/mol. The van der Waals surface area contributed by atoms with Crippen molar-refractivity contribution in [3.05, 3.63) is 48.0 Å². The van der Waals surface area contributed by atoms with Gasteiger partial charge in [-0.2, -0.15) is 0 Å². The van der Waals surface area contributed by atoms with Gasteiger partial charge >= 0.3 is 0 Å². The molecule has 0 aliphatic heterocycles. The number of aryl methyl sites for hydroxylation is 1. The van der Waals surface area contributed by atoms with Gasteiger partial charge in [-0.05, 0) is 31.2 Å². The van der Waals surface area contributed by atoms with Crippen molar-refractivity contribution in [3.8, 4) is 0 Å². The molecule has 1 N–H and O–H groups in total. The summed E-state index contributed by atoms with van der Waals surface area (Å²) in [5, 5.41) is 12.0. The maximum absolute atomic E-state index is 4.22. The molecule has 0 bridgehead atoms. The molecule has 1 aromatic carbocycles. The Morgan fingerprint density at radius 3 is 2.81 bits per heavy atom. The Balaban J connectivity index is 1.67. The van der Waals surface area contributed by atoms with Gasteiger partial charge in [0.1, 0.15) is 12.2 Å². The summed E-state index contributed by atoms with van der Waals surface area (Å²) >= 11 is 0.